The van der Waals surface area contributed by atoms with Crippen molar-refractivity contribution in [3.8, 4) is 0 Å². The standard InChI is InChI=1S/C12H18N2O3S/c1-12(2,3)17-10(15)9-6-13-11(18-9)14-8-4-5-16-7-8/h6,8H,4-5,7H2,1-3H3,(H,13,14). The lowest BCUT2D eigenvalue weighted by atomic mass is 10.2. The van der Waals surface area contributed by atoms with E-state index in [9.17, 15) is 4.79 Å². The lowest BCUT2D eigenvalue weighted by Gasteiger charge is -2.18. The van der Waals surface area contributed by atoms with Crippen molar-refractivity contribution in [2.75, 3.05) is 18.5 Å². The van der Waals surface area contributed by atoms with Gasteiger partial charge in [-0.1, -0.05) is 11.3 Å². The highest BCUT2D eigenvalue weighted by Gasteiger charge is 2.21. The quantitative estimate of drug-likeness (QED) is 0.854. The third-order valence-corrected chi connectivity index (χ3v) is 3.27. The van der Waals surface area contributed by atoms with Crippen molar-refractivity contribution >= 4 is 22.4 Å². The second-order valence-electron chi connectivity index (χ2n) is 5.24. The van der Waals surface area contributed by atoms with Gasteiger partial charge in [-0.15, -0.1) is 0 Å². The number of esters is 1. The molecule has 5 nitrogen and oxygen atoms in total. The van der Waals surface area contributed by atoms with E-state index in [1.165, 1.54) is 11.3 Å². The van der Waals surface area contributed by atoms with Gasteiger partial charge in [-0.05, 0) is 27.2 Å². The number of ether oxygens (including phenoxy) is 2. The molecule has 1 N–H and O–H groups in total. The van der Waals surface area contributed by atoms with E-state index in [-0.39, 0.29) is 5.97 Å². The lowest BCUT2D eigenvalue weighted by molar-refractivity contribution is 0.00750. The fourth-order valence-corrected chi connectivity index (χ4v) is 2.36. The maximum atomic E-state index is 11.8. The van der Waals surface area contributed by atoms with E-state index in [1.54, 1.807) is 6.20 Å². The Hall–Kier alpha value is -1.14. The summed E-state index contributed by atoms with van der Waals surface area (Å²) >= 11 is 1.32. The molecule has 0 spiro atoms. The zero-order chi connectivity index (χ0) is 13.2. The van der Waals surface area contributed by atoms with Gasteiger partial charge >= 0.3 is 5.97 Å². The summed E-state index contributed by atoms with van der Waals surface area (Å²) in [4.78, 5) is 16.5. The summed E-state index contributed by atoms with van der Waals surface area (Å²) in [5, 5.41) is 4.00. The zero-order valence-corrected chi connectivity index (χ0v) is 11.7. The maximum absolute atomic E-state index is 11.8. The first-order chi connectivity index (χ1) is 8.44. The van der Waals surface area contributed by atoms with Gasteiger partial charge in [0, 0.05) is 6.61 Å². The van der Waals surface area contributed by atoms with Crippen LogP contribution in [0.2, 0.25) is 0 Å². The largest absolute Gasteiger partial charge is 0.456 e. The van der Waals surface area contributed by atoms with Crippen molar-refractivity contribution in [3.05, 3.63) is 11.1 Å². The number of hydrogen-bond acceptors (Lipinski definition) is 6. The van der Waals surface area contributed by atoms with Crippen LogP contribution in [0.3, 0.4) is 0 Å². The molecule has 1 atom stereocenters. The van der Waals surface area contributed by atoms with Gasteiger partial charge in [0.15, 0.2) is 5.13 Å². The second kappa shape index (κ2) is 5.24. The average molecular weight is 270 g/mol. The van der Waals surface area contributed by atoms with Gasteiger partial charge in [-0.25, -0.2) is 9.78 Å². The molecule has 0 aromatic carbocycles. The van der Waals surface area contributed by atoms with Gasteiger partial charge in [0.25, 0.3) is 0 Å². The van der Waals surface area contributed by atoms with Crippen LogP contribution in [-0.2, 0) is 9.47 Å². The number of aromatic nitrogens is 1. The molecule has 1 aromatic heterocycles. The number of hydrogen-bond donors (Lipinski definition) is 1. The van der Waals surface area contributed by atoms with Gasteiger partial charge in [-0.3, -0.25) is 0 Å². The molecule has 1 aromatic rings. The van der Waals surface area contributed by atoms with Crippen molar-refractivity contribution in [2.45, 2.75) is 38.8 Å². The molecule has 1 aliphatic rings. The topological polar surface area (TPSA) is 60.5 Å². The summed E-state index contributed by atoms with van der Waals surface area (Å²) in [5.74, 6) is -0.323. The molecule has 1 fully saturated rings. The Labute approximate surface area is 111 Å². The van der Waals surface area contributed by atoms with Crippen LogP contribution < -0.4 is 5.32 Å². The lowest BCUT2D eigenvalue weighted by Crippen LogP contribution is -2.23. The Morgan fingerprint density at radius 3 is 3.00 bits per heavy atom. The number of rotatable bonds is 3. The molecule has 1 saturated heterocycles. The van der Waals surface area contributed by atoms with Crippen molar-refractivity contribution in [1.29, 1.82) is 0 Å². The molecule has 1 aliphatic heterocycles. The molecule has 2 rings (SSSR count). The van der Waals surface area contributed by atoms with Crippen molar-refractivity contribution in [2.24, 2.45) is 0 Å². The Bertz CT molecular complexity index is 419. The number of nitrogens with zero attached hydrogens (tertiary/aromatic N) is 1. The molecule has 0 bridgehead atoms. The summed E-state index contributed by atoms with van der Waals surface area (Å²) in [6.45, 7) is 7.02. The van der Waals surface area contributed by atoms with E-state index >= 15 is 0 Å². The molecule has 100 valence electrons. The fraction of sp³-hybridized carbons (Fsp3) is 0.667. The van der Waals surface area contributed by atoms with E-state index in [2.05, 4.69) is 10.3 Å². The first-order valence-electron chi connectivity index (χ1n) is 5.97. The second-order valence-corrected chi connectivity index (χ2v) is 6.27. The minimum absolute atomic E-state index is 0.294. The molecular formula is C12H18N2O3S. The SMILES string of the molecule is CC(C)(C)OC(=O)c1cnc(NC2CCOC2)s1. The number of nitrogens with one attached hydrogen (secondary N) is 1. The van der Waals surface area contributed by atoms with Crippen molar-refractivity contribution in [3.63, 3.8) is 0 Å². The fourth-order valence-electron chi connectivity index (χ4n) is 1.59. The van der Waals surface area contributed by atoms with Crippen molar-refractivity contribution in [1.82, 2.24) is 4.98 Å². The number of carbonyl (C=O) groups is 1. The summed E-state index contributed by atoms with van der Waals surface area (Å²) in [5.41, 5.74) is -0.478. The molecule has 18 heavy (non-hydrogen) atoms. The highest BCUT2D eigenvalue weighted by atomic mass is 32.1. The molecule has 0 amide bonds. The highest BCUT2D eigenvalue weighted by molar-refractivity contribution is 7.17. The molecule has 0 saturated carbocycles. The number of thiazole rings is 1. The Kier molecular flexibility index (Phi) is 3.87. The summed E-state index contributed by atoms with van der Waals surface area (Å²) < 4.78 is 10.6. The predicted molar refractivity (Wildman–Crippen MR) is 70.1 cm³/mol. The normalized spacial score (nSPS) is 19.8. The first kappa shape index (κ1) is 13.3. The predicted octanol–water partition coefficient (Wildman–Crippen LogP) is 2.30. The molecule has 0 aliphatic carbocycles. The van der Waals surface area contributed by atoms with Gasteiger partial charge in [-0.2, -0.15) is 0 Å². The van der Waals surface area contributed by atoms with E-state index < -0.39 is 5.60 Å². The Balaban J connectivity index is 1.94. The smallest absolute Gasteiger partial charge is 0.350 e. The van der Waals surface area contributed by atoms with Gasteiger partial charge in [0.1, 0.15) is 10.5 Å². The van der Waals surface area contributed by atoms with E-state index in [0.29, 0.717) is 17.5 Å². The van der Waals surface area contributed by atoms with Crippen LogP contribution in [0, 0.1) is 0 Å². The zero-order valence-electron chi connectivity index (χ0n) is 10.9. The molecular weight excluding hydrogens is 252 g/mol. The van der Waals surface area contributed by atoms with Crippen LogP contribution >= 0.6 is 11.3 Å². The van der Waals surface area contributed by atoms with E-state index in [4.69, 9.17) is 9.47 Å². The number of carbonyl (C=O) groups excluding carboxylic acids is 1. The molecule has 6 heteroatoms. The average Bonchev–Trinajstić information content (AvgIpc) is 2.86. The summed E-state index contributed by atoms with van der Waals surface area (Å²) in [7, 11) is 0. The van der Waals surface area contributed by atoms with Crippen LogP contribution in [-0.4, -0.2) is 35.8 Å². The van der Waals surface area contributed by atoms with Crippen LogP contribution in [0.15, 0.2) is 6.20 Å². The van der Waals surface area contributed by atoms with Crippen LogP contribution in [0.1, 0.15) is 36.9 Å². The minimum Gasteiger partial charge on any atom is -0.456 e. The van der Waals surface area contributed by atoms with Gasteiger partial charge < -0.3 is 14.8 Å². The number of anilines is 1. The summed E-state index contributed by atoms with van der Waals surface area (Å²) in [6.07, 6.45) is 2.53. The van der Waals surface area contributed by atoms with Gasteiger partial charge in [0.2, 0.25) is 0 Å². The first-order valence-corrected chi connectivity index (χ1v) is 6.79. The third-order valence-electron chi connectivity index (χ3n) is 2.36. The molecule has 1 unspecified atom stereocenters. The van der Waals surface area contributed by atoms with E-state index in [0.717, 1.165) is 18.2 Å². The van der Waals surface area contributed by atoms with Crippen LogP contribution in [0.5, 0.6) is 0 Å². The van der Waals surface area contributed by atoms with Gasteiger partial charge in [0.05, 0.1) is 18.8 Å². The van der Waals surface area contributed by atoms with Crippen LogP contribution in [0.25, 0.3) is 0 Å². The molecule has 2 heterocycles. The third kappa shape index (κ3) is 3.68. The van der Waals surface area contributed by atoms with Crippen molar-refractivity contribution < 1.29 is 14.3 Å². The Morgan fingerprint density at radius 2 is 2.39 bits per heavy atom. The maximum Gasteiger partial charge on any atom is 0.350 e. The molecule has 0 radical (unpaired) electrons. The Morgan fingerprint density at radius 1 is 1.61 bits per heavy atom. The summed E-state index contributed by atoms with van der Waals surface area (Å²) in [6, 6.07) is 0.294. The van der Waals surface area contributed by atoms with E-state index in [1.807, 2.05) is 20.8 Å². The monoisotopic (exact) mass is 270 g/mol. The highest BCUT2D eigenvalue weighted by Crippen LogP contribution is 2.23. The minimum atomic E-state index is -0.478. The van der Waals surface area contributed by atoms with Crippen LogP contribution in [0.4, 0.5) is 5.13 Å².